The molecule has 0 unspecified atom stereocenters. The second-order valence-electron chi connectivity index (χ2n) is 9.81. The third-order valence-corrected chi connectivity index (χ3v) is 4.61. The second-order valence-corrected chi connectivity index (χ2v) is 9.81. The molecular formula is C25H32F2N2O4. The average molecular weight is 463 g/mol. The average Bonchev–Trinajstić information content (AvgIpc) is 2.64. The van der Waals surface area contributed by atoms with Crippen LogP contribution in [0.2, 0.25) is 0 Å². The van der Waals surface area contributed by atoms with Gasteiger partial charge in [0.1, 0.15) is 23.3 Å². The van der Waals surface area contributed by atoms with Gasteiger partial charge in [0.25, 0.3) is 5.91 Å². The molecular weight excluding hydrogens is 430 g/mol. The van der Waals surface area contributed by atoms with Gasteiger partial charge in [-0.25, -0.2) is 13.6 Å². The topological polar surface area (TPSA) is 76.7 Å². The number of halogens is 2. The van der Waals surface area contributed by atoms with Crippen LogP contribution in [0.1, 0.15) is 64.3 Å². The Hall–Kier alpha value is -3.00. The molecule has 0 aliphatic rings. The van der Waals surface area contributed by atoms with Gasteiger partial charge in [0.2, 0.25) is 0 Å². The monoisotopic (exact) mass is 462 g/mol. The standard InChI is InChI=1S/C25H32F2N2O4/c1-24(2,3)20-18(26)12-17(13-19(20)27)28-22(30)21(29-23(31)33-25(4,5)6)16-10-8-15(9-11-16)14-32-7/h8-13,21H,14H2,1-7H3,(H,28,30)(H,29,31)/t21-/m1/s1. The van der Waals surface area contributed by atoms with Crippen molar-refractivity contribution in [1.29, 1.82) is 0 Å². The van der Waals surface area contributed by atoms with E-state index in [1.165, 1.54) is 0 Å². The quantitative estimate of drug-likeness (QED) is 0.585. The van der Waals surface area contributed by atoms with Crippen LogP contribution < -0.4 is 10.6 Å². The van der Waals surface area contributed by atoms with Gasteiger partial charge in [0.05, 0.1) is 6.61 Å². The Morgan fingerprint density at radius 2 is 1.52 bits per heavy atom. The molecule has 0 aliphatic heterocycles. The van der Waals surface area contributed by atoms with Crippen molar-refractivity contribution in [2.75, 3.05) is 12.4 Å². The molecule has 8 heteroatoms. The highest BCUT2D eigenvalue weighted by atomic mass is 19.1. The highest BCUT2D eigenvalue weighted by Gasteiger charge is 2.28. The van der Waals surface area contributed by atoms with E-state index in [1.807, 2.05) is 0 Å². The third-order valence-electron chi connectivity index (χ3n) is 4.61. The Morgan fingerprint density at radius 3 is 1.97 bits per heavy atom. The predicted octanol–water partition coefficient (Wildman–Crippen LogP) is 5.61. The van der Waals surface area contributed by atoms with Crippen LogP contribution >= 0.6 is 0 Å². The number of carbonyl (C=O) groups is 2. The van der Waals surface area contributed by atoms with Crippen LogP contribution in [0, 0.1) is 11.6 Å². The number of hydrogen-bond donors (Lipinski definition) is 2. The lowest BCUT2D eigenvalue weighted by Gasteiger charge is -2.24. The van der Waals surface area contributed by atoms with Crippen molar-refractivity contribution in [3.63, 3.8) is 0 Å². The van der Waals surface area contributed by atoms with Crippen molar-refractivity contribution < 1.29 is 27.8 Å². The molecule has 0 heterocycles. The van der Waals surface area contributed by atoms with Crippen LogP contribution in [0.4, 0.5) is 19.3 Å². The molecule has 6 nitrogen and oxygen atoms in total. The van der Waals surface area contributed by atoms with Crippen LogP contribution in [-0.2, 0) is 26.3 Å². The van der Waals surface area contributed by atoms with Gasteiger partial charge in [-0.3, -0.25) is 4.79 Å². The van der Waals surface area contributed by atoms with Crippen molar-refractivity contribution >= 4 is 17.7 Å². The molecule has 2 N–H and O–H groups in total. The van der Waals surface area contributed by atoms with E-state index in [0.717, 1.165) is 17.7 Å². The van der Waals surface area contributed by atoms with Gasteiger partial charge >= 0.3 is 6.09 Å². The summed E-state index contributed by atoms with van der Waals surface area (Å²) in [4.78, 5) is 25.5. The summed E-state index contributed by atoms with van der Waals surface area (Å²) in [6.45, 7) is 10.6. The fourth-order valence-electron chi connectivity index (χ4n) is 3.27. The van der Waals surface area contributed by atoms with Gasteiger partial charge in [0, 0.05) is 18.4 Å². The van der Waals surface area contributed by atoms with E-state index in [9.17, 15) is 18.4 Å². The fourth-order valence-corrected chi connectivity index (χ4v) is 3.27. The first-order valence-corrected chi connectivity index (χ1v) is 10.6. The number of rotatable bonds is 6. The van der Waals surface area contributed by atoms with Gasteiger partial charge in [-0.1, -0.05) is 45.0 Å². The summed E-state index contributed by atoms with van der Waals surface area (Å²) < 4.78 is 39.6. The summed E-state index contributed by atoms with van der Waals surface area (Å²) in [5.74, 6) is -2.21. The lowest BCUT2D eigenvalue weighted by molar-refractivity contribution is -0.118. The van der Waals surface area contributed by atoms with E-state index >= 15 is 0 Å². The fraction of sp³-hybridized carbons (Fsp3) is 0.440. The first-order chi connectivity index (χ1) is 15.2. The number of alkyl carbamates (subject to hydrolysis) is 1. The third kappa shape index (κ3) is 7.53. The summed E-state index contributed by atoms with van der Waals surface area (Å²) in [5, 5.41) is 5.03. The number of methoxy groups -OCH3 is 1. The molecule has 33 heavy (non-hydrogen) atoms. The minimum Gasteiger partial charge on any atom is -0.444 e. The van der Waals surface area contributed by atoms with Crippen molar-refractivity contribution in [3.05, 3.63) is 64.7 Å². The molecule has 0 aromatic heterocycles. The Balaban J connectivity index is 2.34. The number of ether oxygens (including phenoxy) is 2. The van der Waals surface area contributed by atoms with Crippen LogP contribution in [0.3, 0.4) is 0 Å². The second kappa shape index (κ2) is 10.3. The number of hydrogen-bond acceptors (Lipinski definition) is 4. The normalized spacial score (nSPS) is 12.8. The maximum Gasteiger partial charge on any atom is 0.408 e. The maximum atomic E-state index is 14.6. The molecule has 2 aromatic rings. The van der Waals surface area contributed by atoms with Crippen molar-refractivity contribution in [2.24, 2.45) is 0 Å². The maximum absolute atomic E-state index is 14.6. The Bertz CT molecular complexity index is 970. The largest absolute Gasteiger partial charge is 0.444 e. The lowest BCUT2D eigenvalue weighted by Crippen LogP contribution is -2.40. The zero-order chi connectivity index (χ0) is 25.0. The summed E-state index contributed by atoms with van der Waals surface area (Å²) >= 11 is 0. The smallest absolute Gasteiger partial charge is 0.408 e. The van der Waals surface area contributed by atoms with E-state index in [0.29, 0.717) is 12.2 Å². The molecule has 0 radical (unpaired) electrons. The molecule has 180 valence electrons. The molecule has 0 fully saturated rings. The molecule has 2 aromatic carbocycles. The molecule has 0 bridgehead atoms. The zero-order valence-corrected chi connectivity index (χ0v) is 20.1. The Labute approximate surface area is 193 Å². The van der Waals surface area contributed by atoms with E-state index in [2.05, 4.69) is 10.6 Å². The summed E-state index contributed by atoms with van der Waals surface area (Å²) in [5.41, 5.74) is -0.318. The van der Waals surface area contributed by atoms with Crippen molar-refractivity contribution in [1.82, 2.24) is 5.32 Å². The minimum atomic E-state index is -1.16. The van der Waals surface area contributed by atoms with Gasteiger partial charge in [-0.2, -0.15) is 0 Å². The molecule has 0 saturated heterocycles. The number of anilines is 1. The number of amides is 2. The van der Waals surface area contributed by atoms with Crippen LogP contribution in [0.25, 0.3) is 0 Å². The molecule has 1 atom stereocenters. The molecule has 2 amide bonds. The summed E-state index contributed by atoms with van der Waals surface area (Å²) in [6, 6.07) is 7.81. The highest BCUT2D eigenvalue weighted by Crippen LogP contribution is 2.30. The van der Waals surface area contributed by atoms with Gasteiger partial charge in [0.15, 0.2) is 0 Å². The summed E-state index contributed by atoms with van der Waals surface area (Å²) in [7, 11) is 1.57. The Morgan fingerprint density at radius 1 is 0.970 bits per heavy atom. The number of nitrogens with one attached hydrogen (secondary N) is 2. The van der Waals surface area contributed by atoms with E-state index in [1.54, 1.807) is 72.9 Å². The predicted molar refractivity (Wildman–Crippen MR) is 123 cm³/mol. The number of carbonyl (C=O) groups excluding carboxylic acids is 2. The lowest BCUT2D eigenvalue weighted by atomic mass is 9.86. The van der Waals surface area contributed by atoms with E-state index < -0.39 is 40.7 Å². The first-order valence-electron chi connectivity index (χ1n) is 10.6. The SMILES string of the molecule is COCc1ccc([C@@H](NC(=O)OC(C)(C)C)C(=O)Nc2cc(F)c(C(C)(C)C)c(F)c2)cc1. The van der Waals surface area contributed by atoms with E-state index in [-0.39, 0.29) is 11.3 Å². The molecule has 2 rings (SSSR count). The Kier molecular flexibility index (Phi) is 8.19. The molecule has 0 spiro atoms. The van der Waals surface area contributed by atoms with Crippen LogP contribution in [0.5, 0.6) is 0 Å². The molecule has 0 saturated carbocycles. The van der Waals surface area contributed by atoms with Gasteiger partial charge < -0.3 is 20.1 Å². The van der Waals surface area contributed by atoms with E-state index in [4.69, 9.17) is 9.47 Å². The highest BCUT2D eigenvalue weighted by molar-refractivity contribution is 5.97. The van der Waals surface area contributed by atoms with Gasteiger partial charge in [-0.05, 0) is 49.4 Å². The zero-order valence-electron chi connectivity index (χ0n) is 20.1. The van der Waals surface area contributed by atoms with Gasteiger partial charge in [-0.15, -0.1) is 0 Å². The van der Waals surface area contributed by atoms with Crippen molar-refractivity contribution in [3.8, 4) is 0 Å². The summed E-state index contributed by atoms with van der Waals surface area (Å²) in [6.07, 6.45) is -0.802. The minimum absolute atomic E-state index is 0.0602. The molecule has 0 aliphatic carbocycles. The van der Waals surface area contributed by atoms with Crippen LogP contribution in [-0.4, -0.2) is 24.7 Å². The van der Waals surface area contributed by atoms with Crippen molar-refractivity contribution in [2.45, 2.75) is 65.2 Å². The first kappa shape index (κ1) is 26.3. The van der Waals surface area contributed by atoms with Crippen LogP contribution in [0.15, 0.2) is 36.4 Å². The number of benzene rings is 2.